The summed E-state index contributed by atoms with van der Waals surface area (Å²) in [5.41, 5.74) is 3.37. The molecule has 0 amide bonds. The molecule has 148 valence electrons. The van der Waals surface area contributed by atoms with Gasteiger partial charge in [-0.3, -0.25) is 0 Å². The number of hydrogen-bond acceptors (Lipinski definition) is 5. The SMILES string of the molecule is N#Cc1ccccc1CO/N=C\c1cc(Cl)c(OCc2ccccc2C#N)c(Br)c1. The fraction of sp³-hybridized carbons (Fsp3) is 0.0870. The Morgan fingerprint density at radius 1 is 0.933 bits per heavy atom. The van der Waals surface area contributed by atoms with E-state index in [1.165, 1.54) is 6.21 Å². The minimum atomic E-state index is 0.189. The van der Waals surface area contributed by atoms with Crippen LogP contribution in [-0.4, -0.2) is 6.21 Å². The van der Waals surface area contributed by atoms with Crippen LogP contribution in [0.5, 0.6) is 5.75 Å². The number of nitriles is 2. The first-order valence-corrected chi connectivity index (χ1v) is 10.0. The standard InChI is InChI=1S/C23H15BrClN3O2/c24-21-9-16(13-28-30-15-20-8-4-2-6-18(20)12-27)10-22(25)23(21)29-14-19-7-3-1-5-17(19)11-26/h1-10,13H,14-15H2/b28-13-. The quantitative estimate of drug-likeness (QED) is 0.308. The molecule has 7 heteroatoms. The first kappa shape index (κ1) is 21.4. The second-order valence-electron chi connectivity index (χ2n) is 6.15. The largest absolute Gasteiger partial charge is 0.486 e. The lowest BCUT2D eigenvalue weighted by Crippen LogP contribution is -2.00. The highest BCUT2D eigenvalue weighted by Crippen LogP contribution is 2.35. The lowest BCUT2D eigenvalue weighted by atomic mass is 10.1. The molecule has 3 aromatic carbocycles. The van der Waals surface area contributed by atoms with E-state index in [0.29, 0.717) is 31.9 Å². The fourth-order valence-electron chi connectivity index (χ4n) is 2.66. The number of benzene rings is 3. The molecule has 0 radical (unpaired) electrons. The highest BCUT2D eigenvalue weighted by molar-refractivity contribution is 9.10. The van der Waals surface area contributed by atoms with Crippen LogP contribution < -0.4 is 4.74 Å². The van der Waals surface area contributed by atoms with Gasteiger partial charge in [0.15, 0.2) is 5.75 Å². The van der Waals surface area contributed by atoms with E-state index in [1.807, 2.05) is 24.3 Å². The van der Waals surface area contributed by atoms with Gasteiger partial charge in [-0.05, 0) is 45.8 Å². The highest BCUT2D eigenvalue weighted by atomic mass is 79.9. The number of hydrogen-bond donors (Lipinski definition) is 0. The molecule has 0 saturated heterocycles. The number of ether oxygens (including phenoxy) is 1. The van der Waals surface area contributed by atoms with Crippen molar-refractivity contribution in [2.75, 3.05) is 0 Å². The summed E-state index contributed by atoms with van der Waals surface area (Å²) in [6.07, 6.45) is 1.53. The van der Waals surface area contributed by atoms with E-state index in [1.54, 1.807) is 36.4 Å². The fourth-order valence-corrected chi connectivity index (χ4v) is 3.65. The van der Waals surface area contributed by atoms with E-state index in [-0.39, 0.29) is 13.2 Å². The van der Waals surface area contributed by atoms with Gasteiger partial charge in [-0.2, -0.15) is 10.5 Å². The Hall–Kier alpha value is -3.32. The van der Waals surface area contributed by atoms with Gasteiger partial charge in [-0.1, -0.05) is 53.2 Å². The predicted molar refractivity (Wildman–Crippen MR) is 118 cm³/mol. The molecule has 3 aromatic rings. The van der Waals surface area contributed by atoms with Crippen molar-refractivity contribution in [1.82, 2.24) is 0 Å². The molecule has 0 atom stereocenters. The van der Waals surface area contributed by atoms with Gasteiger partial charge in [-0.25, -0.2) is 0 Å². The van der Waals surface area contributed by atoms with Gasteiger partial charge in [0.1, 0.15) is 13.2 Å². The summed E-state index contributed by atoms with van der Waals surface area (Å²) in [4.78, 5) is 5.31. The van der Waals surface area contributed by atoms with Gasteiger partial charge in [0.2, 0.25) is 0 Å². The number of oxime groups is 1. The van der Waals surface area contributed by atoms with E-state index in [4.69, 9.17) is 26.4 Å². The van der Waals surface area contributed by atoms with E-state index < -0.39 is 0 Å². The Morgan fingerprint density at radius 3 is 2.13 bits per heavy atom. The molecule has 0 N–H and O–H groups in total. The number of halogens is 2. The first-order chi connectivity index (χ1) is 14.6. The van der Waals surface area contributed by atoms with Crippen LogP contribution in [0.25, 0.3) is 0 Å². The molecule has 0 unspecified atom stereocenters. The van der Waals surface area contributed by atoms with Crippen LogP contribution in [0.2, 0.25) is 5.02 Å². The van der Waals surface area contributed by atoms with Crippen molar-refractivity contribution in [3.05, 3.63) is 98.0 Å². The zero-order valence-electron chi connectivity index (χ0n) is 15.7. The highest BCUT2D eigenvalue weighted by Gasteiger charge is 2.11. The van der Waals surface area contributed by atoms with Gasteiger partial charge >= 0.3 is 0 Å². The van der Waals surface area contributed by atoms with E-state index >= 15 is 0 Å². The number of rotatable bonds is 7. The zero-order valence-corrected chi connectivity index (χ0v) is 18.0. The second kappa shape index (κ2) is 10.5. The summed E-state index contributed by atoms with van der Waals surface area (Å²) in [7, 11) is 0. The van der Waals surface area contributed by atoms with Crippen LogP contribution in [-0.2, 0) is 18.1 Å². The molecule has 0 aliphatic rings. The van der Waals surface area contributed by atoms with Crippen molar-refractivity contribution in [2.45, 2.75) is 13.2 Å². The Balaban J connectivity index is 1.65. The third kappa shape index (κ3) is 5.39. The summed E-state index contributed by atoms with van der Waals surface area (Å²) >= 11 is 9.82. The average Bonchev–Trinajstić information content (AvgIpc) is 2.76. The van der Waals surface area contributed by atoms with E-state index in [0.717, 1.165) is 11.1 Å². The molecule has 0 fully saturated rings. The average molecular weight is 481 g/mol. The van der Waals surface area contributed by atoms with Gasteiger partial charge in [0, 0.05) is 11.1 Å². The molecule has 0 aromatic heterocycles. The minimum Gasteiger partial charge on any atom is -0.486 e. The van der Waals surface area contributed by atoms with E-state index in [9.17, 15) is 5.26 Å². The molecule has 0 spiro atoms. The third-order valence-electron chi connectivity index (χ3n) is 4.16. The Bertz CT molecular complexity index is 1140. The van der Waals surface area contributed by atoms with Crippen molar-refractivity contribution in [1.29, 1.82) is 10.5 Å². The van der Waals surface area contributed by atoms with Crippen molar-refractivity contribution in [2.24, 2.45) is 5.16 Å². The van der Waals surface area contributed by atoms with Crippen LogP contribution in [0, 0.1) is 22.7 Å². The lowest BCUT2D eigenvalue weighted by Gasteiger charge is -2.12. The topological polar surface area (TPSA) is 78.4 Å². The van der Waals surface area contributed by atoms with Crippen LogP contribution in [0.3, 0.4) is 0 Å². The third-order valence-corrected chi connectivity index (χ3v) is 5.03. The summed E-state index contributed by atoms with van der Waals surface area (Å²) in [5, 5.41) is 22.6. The van der Waals surface area contributed by atoms with Crippen molar-refractivity contribution >= 4 is 33.7 Å². The lowest BCUT2D eigenvalue weighted by molar-refractivity contribution is 0.132. The second-order valence-corrected chi connectivity index (χ2v) is 7.41. The molecular formula is C23H15BrClN3O2. The Kier molecular flexibility index (Phi) is 7.45. The molecule has 0 aliphatic heterocycles. The van der Waals surface area contributed by atoms with Crippen LogP contribution in [0.15, 0.2) is 70.3 Å². The van der Waals surface area contributed by atoms with Crippen molar-refractivity contribution < 1.29 is 9.57 Å². The van der Waals surface area contributed by atoms with Gasteiger partial charge in [0.25, 0.3) is 0 Å². The van der Waals surface area contributed by atoms with Crippen LogP contribution in [0.4, 0.5) is 0 Å². The molecule has 0 aliphatic carbocycles. The predicted octanol–water partition coefficient (Wildman–Crippen LogP) is 5.98. The van der Waals surface area contributed by atoms with Gasteiger partial charge < -0.3 is 9.57 Å². The molecule has 3 rings (SSSR count). The normalized spacial score (nSPS) is 10.4. The maximum Gasteiger partial charge on any atom is 0.152 e. The van der Waals surface area contributed by atoms with Crippen molar-refractivity contribution in [3.63, 3.8) is 0 Å². The van der Waals surface area contributed by atoms with E-state index in [2.05, 4.69) is 33.2 Å². The molecule has 5 nitrogen and oxygen atoms in total. The summed E-state index contributed by atoms with van der Waals surface area (Å²) in [6, 6.07) is 22.2. The maximum atomic E-state index is 9.18. The smallest absolute Gasteiger partial charge is 0.152 e. The van der Waals surface area contributed by atoms with Crippen LogP contribution in [0.1, 0.15) is 27.8 Å². The Morgan fingerprint density at radius 2 is 1.53 bits per heavy atom. The monoisotopic (exact) mass is 479 g/mol. The summed E-state index contributed by atoms with van der Waals surface area (Å²) in [6.45, 7) is 0.408. The number of nitrogens with zero attached hydrogens (tertiary/aromatic N) is 3. The molecule has 0 bridgehead atoms. The zero-order chi connectivity index (χ0) is 21.3. The molecule has 0 saturated carbocycles. The van der Waals surface area contributed by atoms with Crippen molar-refractivity contribution in [3.8, 4) is 17.9 Å². The summed E-state index contributed by atoms with van der Waals surface area (Å²) in [5.74, 6) is 0.477. The summed E-state index contributed by atoms with van der Waals surface area (Å²) < 4.78 is 6.48. The maximum absolute atomic E-state index is 9.18. The van der Waals surface area contributed by atoms with Crippen LogP contribution >= 0.6 is 27.5 Å². The van der Waals surface area contributed by atoms with Gasteiger partial charge in [0.05, 0.1) is 39.0 Å². The molecule has 30 heavy (non-hydrogen) atoms. The molecule has 0 heterocycles. The minimum absolute atomic E-state index is 0.189. The Labute approximate surface area is 187 Å². The van der Waals surface area contributed by atoms with Gasteiger partial charge in [-0.15, -0.1) is 0 Å². The molecular weight excluding hydrogens is 466 g/mol. The first-order valence-electron chi connectivity index (χ1n) is 8.85.